The Hall–Kier alpha value is -3.68. The average molecular weight is 445 g/mol. The van der Waals surface area contributed by atoms with E-state index in [2.05, 4.69) is 64.2 Å². The van der Waals surface area contributed by atoms with Crippen molar-refractivity contribution in [1.82, 2.24) is 15.3 Å². The van der Waals surface area contributed by atoms with E-state index in [0.29, 0.717) is 18.8 Å². The highest BCUT2D eigenvalue weighted by atomic mass is 16.3. The molecule has 7 heteroatoms. The molecule has 0 bridgehead atoms. The molecular weight excluding hydrogens is 416 g/mol. The maximum Gasteiger partial charge on any atom is 0.269 e. The Morgan fingerprint density at radius 1 is 0.848 bits per heavy atom. The summed E-state index contributed by atoms with van der Waals surface area (Å²) < 4.78 is 0. The van der Waals surface area contributed by atoms with Crippen LogP contribution in [0.3, 0.4) is 0 Å². The fraction of sp³-hybridized carbons (Fsp3) is 0.231. The van der Waals surface area contributed by atoms with Crippen molar-refractivity contribution in [1.29, 1.82) is 0 Å². The maximum atomic E-state index is 12.8. The van der Waals surface area contributed by atoms with Crippen molar-refractivity contribution < 1.29 is 14.7 Å². The summed E-state index contributed by atoms with van der Waals surface area (Å²) in [5, 5.41) is 14.6. The van der Waals surface area contributed by atoms with E-state index >= 15 is 0 Å². The van der Waals surface area contributed by atoms with Crippen LogP contribution in [0.25, 0.3) is 0 Å². The molecule has 3 N–H and O–H groups in total. The predicted molar refractivity (Wildman–Crippen MR) is 128 cm³/mol. The number of amides is 2. The topological polar surface area (TPSA) is 84.9 Å². The molecule has 0 aromatic heterocycles. The molecule has 0 unspecified atom stereocenters. The summed E-state index contributed by atoms with van der Waals surface area (Å²) in [7, 11) is 0. The summed E-state index contributed by atoms with van der Waals surface area (Å²) in [6.45, 7) is 4.23. The van der Waals surface area contributed by atoms with Gasteiger partial charge in [-0.1, -0.05) is 60.7 Å². The zero-order chi connectivity index (χ0) is 23.2. The Morgan fingerprint density at radius 2 is 1.42 bits per heavy atom. The lowest BCUT2D eigenvalue weighted by Gasteiger charge is -2.39. The van der Waals surface area contributed by atoms with E-state index < -0.39 is 5.91 Å². The average Bonchev–Trinajstić information content (AvgIpc) is 2.83. The summed E-state index contributed by atoms with van der Waals surface area (Å²) in [5.41, 5.74) is 5.95. The minimum absolute atomic E-state index is 0.120. The number of rotatable bonds is 6. The minimum atomic E-state index is -0.407. The van der Waals surface area contributed by atoms with Gasteiger partial charge in [-0.2, -0.15) is 0 Å². The fourth-order valence-electron chi connectivity index (χ4n) is 4.18. The van der Waals surface area contributed by atoms with Crippen LogP contribution in [0.5, 0.6) is 5.75 Å². The zero-order valence-corrected chi connectivity index (χ0v) is 18.6. The summed E-state index contributed by atoms with van der Waals surface area (Å²) in [5.74, 6) is -0.779. The molecule has 0 radical (unpaired) electrons. The van der Waals surface area contributed by atoms with Crippen LogP contribution in [0.15, 0.2) is 78.9 Å². The third-order valence-electron chi connectivity index (χ3n) is 5.73. The Kier molecular flexibility index (Phi) is 7.02. The van der Waals surface area contributed by atoms with Gasteiger partial charge in [-0.05, 0) is 29.3 Å². The Balaban J connectivity index is 1.43. The summed E-state index contributed by atoms with van der Waals surface area (Å²) in [6, 6.07) is 25.5. The van der Waals surface area contributed by atoms with Gasteiger partial charge in [0.15, 0.2) is 0 Å². The predicted octanol–water partition coefficient (Wildman–Crippen LogP) is 3.40. The van der Waals surface area contributed by atoms with E-state index in [1.807, 2.05) is 17.1 Å². The molecule has 3 aromatic rings. The SMILES string of the molecule is CC(=O)Nc1ccc(O)c(C(=O)NN2CCN(C(c3ccccc3)c3ccccc3)CC2)c1. The van der Waals surface area contributed by atoms with E-state index in [4.69, 9.17) is 0 Å². The van der Waals surface area contributed by atoms with Crippen molar-refractivity contribution in [2.75, 3.05) is 31.5 Å². The van der Waals surface area contributed by atoms with Crippen LogP contribution < -0.4 is 10.7 Å². The van der Waals surface area contributed by atoms with Crippen LogP contribution in [-0.4, -0.2) is 53.0 Å². The molecule has 33 heavy (non-hydrogen) atoms. The second-order valence-electron chi connectivity index (χ2n) is 8.10. The number of piperazine rings is 1. The smallest absolute Gasteiger partial charge is 0.269 e. The molecule has 0 atom stereocenters. The highest BCUT2D eigenvalue weighted by molar-refractivity contribution is 5.98. The first-order valence-corrected chi connectivity index (χ1v) is 11.0. The number of hydrazine groups is 1. The van der Waals surface area contributed by atoms with Crippen LogP contribution in [0, 0.1) is 0 Å². The third kappa shape index (κ3) is 5.58. The first-order valence-electron chi connectivity index (χ1n) is 11.0. The van der Waals surface area contributed by atoms with Gasteiger partial charge in [0.25, 0.3) is 5.91 Å². The molecule has 1 saturated heterocycles. The molecule has 0 saturated carbocycles. The van der Waals surface area contributed by atoms with E-state index in [0.717, 1.165) is 13.1 Å². The maximum absolute atomic E-state index is 12.8. The number of hydrogen-bond acceptors (Lipinski definition) is 5. The Morgan fingerprint density at radius 3 is 1.97 bits per heavy atom. The minimum Gasteiger partial charge on any atom is -0.507 e. The number of phenols is 1. The molecule has 7 nitrogen and oxygen atoms in total. The van der Waals surface area contributed by atoms with Crippen LogP contribution in [-0.2, 0) is 4.79 Å². The van der Waals surface area contributed by atoms with E-state index in [-0.39, 0.29) is 23.3 Å². The van der Waals surface area contributed by atoms with Gasteiger partial charge in [0, 0.05) is 38.8 Å². The number of carbonyl (C=O) groups is 2. The number of aromatic hydroxyl groups is 1. The van der Waals surface area contributed by atoms with Crippen LogP contribution >= 0.6 is 0 Å². The van der Waals surface area contributed by atoms with E-state index in [1.54, 1.807) is 6.07 Å². The number of phenolic OH excluding ortho intramolecular Hbond substituents is 1. The highest BCUT2D eigenvalue weighted by Crippen LogP contribution is 2.29. The molecule has 4 rings (SSSR count). The standard InChI is InChI=1S/C26H28N4O3/c1-19(31)27-22-12-13-24(32)23(18-22)26(33)28-30-16-14-29(15-17-30)25(20-8-4-2-5-9-20)21-10-6-3-7-11-21/h2-13,18,25,32H,14-17H2,1H3,(H,27,31)(H,28,33). The lowest BCUT2D eigenvalue weighted by molar-refractivity contribution is -0.114. The fourth-order valence-corrected chi connectivity index (χ4v) is 4.18. The van der Waals surface area contributed by atoms with Gasteiger partial charge in [-0.15, -0.1) is 0 Å². The van der Waals surface area contributed by atoms with E-state index in [9.17, 15) is 14.7 Å². The molecule has 0 aliphatic carbocycles. The quantitative estimate of drug-likeness (QED) is 0.508. The van der Waals surface area contributed by atoms with Gasteiger partial charge >= 0.3 is 0 Å². The van der Waals surface area contributed by atoms with Gasteiger partial charge in [-0.3, -0.25) is 19.9 Å². The lowest BCUT2D eigenvalue weighted by Crippen LogP contribution is -2.54. The number of nitrogens with one attached hydrogen (secondary N) is 2. The molecule has 1 aliphatic heterocycles. The zero-order valence-electron chi connectivity index (χ0n) is 18.6. The van der Waals surface area contributed by atoms with Gasteiger partial charge < -0.3 is 10.4 Å². The largest absolute Gasteiger partial charge is 0.507 e. The van der Waals surface area contributed by atoms with Gasteiger partial charge in [0.05, 0.1) is 11.6 Å². The monoisotopic (exact) mass is 444 g/mol. The van der Waals surface area contributed by atoms with Crippen molar-refractivity contribution in [3.8, 4) is 5.75 Å². The molecule has 0 spiro atoms. The number of carbonyl (C=O) groups excluding carboxylic acids is 2. The van der Waals surface area contributed by atoms with Crippen molar-refractivity contribution in [3.63, 3.8) is 0 Å². The normalized spacial score (nSPS) is 14.7. The van der Waals surface area contributed by atoms with Crippen molar-refractivity contribution in [3.05, 3.63) is 95.6 Å². The van der Waals surface area contributed by atoms with Crippen molar-refractivity contribution in [2.45, 2.75) is 13.0 Å². The molecular formula is C26H28N4O3. The summed E-state index contributed by atoms with van der Waals surface area (Å²) in [6.07, 6.45) is 0. The summed E-state index contributed by atoms with van der Waals surface area (Å²) in [4.78, 5) is 26.5. The Bertz CT molecular complexity index is 1060. The number of benzene rings is 3. The molecule has 1 heterocycles. The number of anilines is 1. The second kappa shape index (κ2) is 10.3. The molecule has 170 valence electrons. The van der Waals surface area contributed by atoms with Gasteiger partial charge in [0.1, 0.15) is 5.75 Å². The van der Waals surface area contributed by atoms with Gasteiger partial charge in [-0.25, -0.2) is 5.01 Å². The van der Waals surface area contributed by atoms with Crippen molar-refractivity contribution >= 4 is 17.5 Å². The molecule has 1 aliphatic rings. The highest BCUT2D eigenvalue weighted by Gasteiger charge is 2.27. The van der Waals surface area contributed by atoms with Crippen LogP contribution in [0.1, 0.15) is 34.5 Å². The number of hydrogen-bond donors (Lipinski definition) is 3. The molecule has 3 aromatic carbocycles. The second-order valence-corrected chi connectivity index (χ2v) is 8.10. The Labute approximate surface area is 193 Å². The van der Waals surface area contributed by atoms with E-state index in [1.165, 1.54) is 30.2 Å². The van der Waals surface area contributed by atoms with Crippen LogP contribution in [0.4, 0.5) is 5.69 Å². The molecule has 2 amide bonds. The molecule has 1 fully saturated rings. The van der Waals surface area contributed by atoms with Crippen molar-refractivity contribution in [2.24, 2.45) is 0 Å². The van der Waals surface area contributed by atoms with Gasteiger partial charge in [0.2, 0.25) is 5.91 Å². The first-order chi connectivity index (χ1) is 16.0. The summed E-state index contributed by atoms with van der Waals surface area (Å²) >= 11 is 0. The first kappa shape index (κ1) is 22.5. The van der Waals surface area contributed by atoms with Crippen LogP contribution in [0.2, 0.25) is 0 Å². The number of nitrogens with zero attached hydrogens (tertiary/aromatic N) is 2. The lowest BCUT2D eigenvalue weighted by atomic mass is 9.96. The third-order valence-corrected chi connectivity index (χ3v) is 5.73.